The largest absolute Gasteiger partial charge is 0.325 e. The minimum atomic E-state index is -3.88. The van der Waals surface area contributed by atoms with E-state index in [1.807, 2.05) is 41.8 Å². The standard InChI is InChI=1S/C22H20ClN7O3S2/c1-2-30-21(15-6-4-3-5-7-15)27-28-22(30)34-14-20(31)24-16-8-10-17(11-9-16)35(32,33)29-19-13-12-18(23)25-26-19/h3-13H,2,14H2,1H3,(H,24,31)(H,26,29). The van der Waals surface area contributed by atoms with Crippen molar-refractivity contribution in [3.63, 3.8) is 0 Å². The summed E-state index contributed by atoms with van der Waals surface area (Å²) < 4.78 is 29.3. The Morgan fingerprint density at radius 1 is 0.971 bits per heavy atom. The third kappa shape index (κ3) is 6.15. The lowest BCUT2D eigenvalue weighted by molar-refractivity contribution is -0.113. The summed E-state index contributed by atoms with van der Waals surface area (Å²) in [6.07, 6.45) is 0. The zero-order valence-electron chi connectivity index (χ0n) is 18.4. The number of hydrogen-bond donors (Lipinski definition) is 2. The molecule has 2 heterocycles. The average Bonchev–Trinajstić information content (AvgIpc) is 3.28. The Morgan fingerprint density at radius 2 is 1.71 bits per heavy atom. The number of amides is 1. The normalized spacial score (nSPS) is 11.3. The van der Waals surface area contributed by atoms with E-state index in [1.54, 1.807) is 0 Å². The highest BCUT2D eigenvalue weighted by Crippen LogP contribution is 2.24. The minimum absolute atomic E-state index is 0.00566. The Kier molecular flexibility index (Phi) is 7.63. The zero-order valence-corrected chi connectivity index (χ0v) is 20.8. The number of hydrogen-bond acceptors (Lipinski definition) is 8. The molecule has 0 fully saturated rings. The van der Waals surface area contributed by atoms with Crippen molar-refractivity contribution in [2.75, 3.05) is 15.8 Å². The molecule has 35 heavy (non-hydrogen) atoms. The maximum Gasteiger partial charge on any atom is 0.263 e. The lowest BCUT2D eigenvalue weighted by Gasteiger charge is -2.09. The monoisotopic (exact) mass is 529 g/mol. The Hall–Kier alpha value is -3.48. The van der Waals surface area contributed by atoms with Crippen molar-refractivity contribution in [3.05, 3.63) is 71.9 Å². The Labute approximate surface area is 211 Å². The molecule has 0 unspecified atom stereocenters. The summed E-state index contributed by atoms with van der Waals surface area (Å²) in [7, 11) is -3.88. The van der Waals surface area contributed by atoms with Gasteiger partial charge >= 0.3 is 0 Å². The lowest BCUT2D eigenvalue weighted by atomic mass is 10.2. The van der Waals surface area contributed by atoms with E-state index in [1.165, 1.54) is 48.2 Å². The van der Waals surface area contributed by atoms with Gasteiger partial charge < -0.3 is 9.88 Å². The van der Waals surface area contributed by atoms with E-state index in [4.69, 9.17) is 11.6 Å². The van der Waals surface area contributed by atoms with Gasteiger partial charge in [-0.25, -0.2) is 8.42 Å². The fourth-order valence-electron chi connectivity index (χ4n) is 3.09. The van der Waals surface area contributed by atoms with E-state index in [2.05, 4.69) is 30.4 Å². The predicted molar refractivity (Wildman–Crippen MR) is 135 cm³/mol. The van der Waals surface area contributed by atoms with E-state index in [0.717, 1.165) is 11.4 Å². The fourth-order valence-corrected chi connectivity index (χ4v) is 4.99. The van der Waals surface area contributed by atoms with Crippen LogP contribution in [-0.4, -0.2) is 45.0 Å². The van der Waals surface area contributed by atoms with Gasteiger partial charge in [-0.1, -0.05) is 53.7 Å². The maximum atomic E-state index is 12.5. The number of nitrogens with zero attached hydrogens (tertiary/aromatic N) is 5. The highest BCUT2D eigenvalue weighted by atomic mass is 35.5. The molecule has 10 nitrogen and oxygen atoms in total. The number of carbonyl (C=O) groups is 1. The third-order valence-corrected chi connectivity index (χ3v) is 7.26. The highest BCUT2D eigenvalue weighted by molar-refractivity contribution is 7.99. The molecule has 2 N–H and O–H groups in total. The molecule has 0 aliphatic heterocycles. The third-order valence-electron chi connectivity index (χ3n) is 4.72. The Balaban J connectivity index is 1.36. The molecule has 0 saturated carbocycles. The molecule has 4 rings (SSSR count). The van der Waals surface area contributed by atoms with Crippen molar-refractivity contribution >= 4 is 50.8 Å². The van der Waals surface area contributed by atoms with E-state index >= 15 is 0 Å². The first kappa shape index (κ1) is 24.6. The smallest absolute Gasteiger partial charge is 0.263 e. The van der Waals surface area contributed by atoms with Crippen LogP contribution in [0.5, 0.6) is 0 Å². The fraction of sp³-hybridized carbons (Fsp3) is 0.136. The number of rotatable bonds is 9. The van der Waals surface area contributed by atoms with Gasteiger partial charge in [0.25, 0.3) is 10.0 Å². The van der Waals surface area contributed by atoms with Gasteiger partial charge in [0.2, 0.25) is 5.91 Å². The van der Waals surface area contributed by atoms with Crippen molar-refractivity contribution in [1.29, 1.82) is 0 Å². The van der Waals surface area contributed by atoms with Crippen LogP contribution in [0.1, 0.15) is 6.92 Å². The van der Waals surface area contributed by atoms with Gasteiger partial charge in [-0.15, -0.1) is 20.4 Å². The second-order valence-corrected chi connectivity index (χ2v) is 10.1. The molecule has 4 aromatic rings. The molecule has 13 heteroatoms. The van der Waals surface area contributed by atoms with Gasteiger partial charge in [0, 0.05) is 17.8 Å². The summed E-state index contributed by atoms with van der Waals surface area (Å²) in [4.78, 5) is 12.5. The number of nitrogens with one attached hydrogen (secondary N) is 2. The number of sulfonamides is 1. The van der Waals surface area contributed by atoms with Gasteiger partial charge in [-0.05, 0) is 43.3 Å². The van der Waals surface area contributed by atoms with Crippen LogP contribution in [0.15, 0.2) is 76.8 Å². The molecule has 0 aliphatic rings. The van der Waals surface area contributed by atoms with Gasteiger partial charge in [-0.3, -0.25) is 9.52 Å². The van der Waals surface area contributed by atoms with Crippen LogP contribution in [0.3, 0.4) is 0 Å². The molecule has 0 aliphatic carbocycles. The molecule has 1 amide bonds. The quantitative estimate of drug-likeness (QED) is 0.312. The number of carbonyl (C=O) groups excluding carboxylic acids is 1. The van der Waals surface area contributed by atoms with Crippen LogP contribution in [0.4, 0.5) is 11.5 Å². The van der Waals surface area contributed by atoms with E-state index in [9.17, 15) is 13.2 Å². The molecule has 2 aromatic carbocycles. The molecular weight excluding hydrogens is 510 g/mol. The Morgan fingerprint density at radius 3 is 2.37 bits per heavy atom. The molecule has 0 bridgehead atoms. The minimum Gasteiger partial charge on any atom is -0.325 e. The number of anilines is 2. The maximum absolute atomic E-state index is 12.5. The molecular formula is C22H20ClN7O3S2. The molecule has 0 atom stereocenters. The average molecular weight is 530 g/mol. The van der Waals surface area contributed by atoms with Crippen LogP contribution in [-0.2, 0) is 21.4 Å². The van der Waals surface area contributed by atoms with Crippen LogP contribution < -0.4 is 10.0 Å². The van der Waals surface area contributed by atoms with Crippen LogP contribution in [0.25, 0.3) is 11.4 Å². The highest BCUT2D eigenvalue weighted by Gasteiger charge is 2.17. The SMILES string of the molecule is CCn1c(SCC(=O)Nc2ccc(S(=O)(=O)Nc3ccc(Cl)nn3)cc2)nnc1-c1ccccc1. The van der Waals surface area contributed by atoms with Gasteiger partial charge in [0.05, 0.1) is 10.6 Å². The molecule has 0 spiro atoms. The second-order valence-electron chi connectivity index (χ2n) is 7.12. The number of thioether (sulfide) groups is 1. The van der Waals surface area contributed by atoms with Crippen molar-refractivity contribution in [3.8, 4) is 11.4 Å². The zero-order chi connectivity index (χ0) is 24.8. The lowest BCUT2D eigenvalue weighted by Crippen LogP contribution is -2.16. The van der Waals surface area contributed by atoms with Gasteiger partial charge in [0.15, 0.2) is 22.0 Å². The summed E-state index contributed by atoms with van der Waals surface area (Å²) >= 11 is 6.94. The second kappa shape index (κ2) is 10.8. The first-order chi connectivity index (χ1) is 16.9. The predicted octanol–water partition coefficient (Wildman–Crippen LogP) is 3.94. The van der Waals surface area contributed by atoms with Crippen molar-refractivity contribution in [1.82, 2.24) is 25.0 Å². The van der Waals surface area contributed by atoms with E-state index in [0.29, 0.717) is 17.4 Å². The van der Waals surface area contributed by atoms with E-state index < -0.39 is 10.0 Å². The molecule has 0 radical (unpaired) electrons. The summed E-state index contributed by atoms with van der Waals surface area (Å²) in [6.45, 7) is 2.65. The first-order valence-corrected chi connectivity index (χ1v) is 13.2. The summed E-state index contributed by atoms with van der Waals surface area (Å²) in [5.74, 6) is 0.640. The topological polar surface area (TPSA) is 132 Å². The number of halogens is 1. The molecule has 2 aromatic heterocycles. The Bertz CT molecular complexity index is 1410. The number of aromatic nitrogens is 5. The first-order valence-electron chi connectivity index (χ1n) is 10.4. The van der Waals surface area contributed by atoms with Crippen LogP contribution in [0, 0.1) is 0 Å². The molecule has 180 valence electrons. The summed E-state index contributed by atoms with van der Waals surface area (Å²) in [6, 6.07) is 18.3. The van der Waals surface area contributed by atoms with Crippen molar-refractivity contribution in [2.45, 2.75) is 23.5 Å². The van der Waals surface area contributed by atoms with Crippen LogP contribution >= 0.6 is 23.4 Å². The molecule has 0 saturated heterocycles. The van der Waals surface area contributed by atoms with Crippen molar-refractivity contribution in [2.24, 2.45) is 0 Å². The number of benzene rings is 2. The summed E-state index contributed by atoms with van der Waals surface area (Å²) in [5.41, 5.74) is 1.41. The van der Waals surface area contributed by atoms with Gasteiger partial charge in [-0.2, -0.15) is 0 Å². The van der Waals surface area contributed by atoms with Gasteiger partial charge in [0.1, 0.15) is 0 Å². The van der Waals surface area contributed by atoms with Crippen molar-refractivity contribution < 1.29 is 13.2 Å². The van der Waals surface area contributed by atoms with Crippen LogP contribution in [0.2, 0.25) is 5.15 Å². The van der Waals surface area contributed by atoms with E-state index in [-0.39, 0.29) is 27.5 Å². The summed E-state index contributed by atoms with van der Waals surface area (Å²) in [5, 5.41) is 19.3.